The van der Waals surface area contributed by atoms with Gasteiger partial charge in [-0.15, -0.1) is 0 Å². The second-order valence-corrected chi connectivity index (χ2v) is 4.25. The molecule has 0 radical (unpaired) electrons. The fourth-order valence-electron chi connectivity index (χ4n) is 1.88. The van der Waals surface area contributed by atoms with E-state index >= 15 is 0 Å². The topological polar surface area (TPSA) is 37.3 Å². The normalized spacial score (nSPS) is 10.2. The lowest BCUT2D eigenvalue weighted by atomic mass is 9.99. The molecular formula is C15H14O2. The molecule has 2 aromatic rings. The summed E-state index contributed by atoms with van der Waals surface area (Å²) in [6.45, 7) is 3.82. The molecule has 0 amide bonds. The molecule has 0 aromatic heterocycles. The molecule has 0 unspecified atom stereocenters. The number of phenolic OH excluding ortho intramolecular Hbond substituents is 1. The van der Waals surface area contributed by atoms with Gasteiger partial charge in [0.25, 0.3) is 0 Å². The van der Waals surface area contributed by atoms with Gasteiger partial charge >= 0.3 is 0 Å². The lowest BCUT2D eigenvalue weighted by molar-refractivity contribution is 0.112. The van der Waals surface area contributed by atoms with Crippen molar-refractivity contribution >= 4 is 6.29 Å². The third-order valence-electron chi connectivity index (χ3n) is 2.77. The predicted molar refractivity (Wildman–Crippen MR) is 68.4 cm³/mol. The molecule has 86 valence electrons. The Bertz CT molecular complexity index is 571. The van der Waals surface area contributed by atoms with E-state index in [0.717, 1.165) is 28.5 Å². The fraction of sp³-hybridized carbons (Fsp3) is 0.133. The van der Waals surface area contributed by atoms with Crippen molar-refractivity contribution < 1.29 is 9.90 Å². The van der Waals surface area contributed by atoms with Crippen LogP contribution in [-0.4, -0.2) is 11.4 Å². The number of aldehydes is 1. The number of hydrogen-bond donors (Lipinski definition) is 1. The minimum Gasteiger partial charge on any atom is -0.508 e. The van der Waals surface area contributed by atoms with Gasteiger partial charge in [0.2, 0.25) is 0 Å². The van der Waals surface area contributed by atoms with Gasteiger partial charge in [-0.25, -0.2) is 0 Å². The van der Waals surface area contributed by atoms with Crippen molar-refractivity contribution in [2.45, 2.75) is 13.8 Å². The summed E-state index contributed by atoms with van der Waals surface area (Å²) in [6, 6.07) is 11.2. The van der Waals surface area contributed by atoms with E-state index in [0.29, 0.717) is 5.56 Å². The molecule has 17 heavy (non-hydrogen) atoms. The van der Waals surface area contributed by atoms with Gasteiger partial charge in [0, 0.05) is 5.56 Å². The second-order valence-electron chi connectivity index (χ2n) is 4.25. The SMILES string of the molecule is Cc1cc(C=O)cc(-c2ccc(O)c(C)c2)c1. The number of carbonyl (C=O) groups is 1. The fourth-order valence-corrected chi connectivity index (χ4v) is 1.88. The average Bonchev–Trinajstić information content (AvgIpc) is 2.32. The standard InChI is InChI=1S/C15H14O2/c1-10-5-12(9-16)8-14(6-10)13-3-4-15(17)11(2)7-13/h3-9,17H,1-2H3. The molecule has 2 heteroatoms. The van der Waals surface area contributed by atoms with Crippen LogP contribution in [0.4, 0.5) is 0 Å². The summed E-state index contributed by atoms with van der Waals surface area (Å²) in [7, 11) is 0. The first-order chi connectivity index (χ1) is 8.10. The number of hydrogen-bond acceptors (Lipinski definition) is 2. The van der Waals surface area contributed by atoms with Gasteiger partial charge in [0.15, 0.2) is 0 Å². The zero-order valence-corrected chi connectivity index (χ0v) is 9.90. The molecule has 0 bridgehead atoms. The van der Waals surface area contributed by atoms with Gasteiger partial charge in [-0.1, -0.05) is 12.1 Å². The van der Waals surface area contributed by atoms with Crippen LogP contribution < -0.4 is 0 Å². The van der Waals surface area contributed by atoms with E-state index in [1.165, 1.54) is 0 Å². The van der Waals surface area contributed by atoms with Gasteiger partial charge in [0.1, 0.15) is 12.0 Å². The Balaban J connectivity index is 2.55. The van der Waals surface area contributed by atoms with Crippen molar-refractivity contribution in [3.63, 3.8) is 0 Å². The Labute approximate surface area is 101 Å². The van der Waals surface area contributed by atoms with Crippen LogP contribution in [-0.2, 0) is 0 Å². The minimum atomic E-state index is 0.289. The summed E-state index contributed by atoms with van der Waals surface area (Å²) in [5, 5.41) is 9.49. The van der Waals surface area contributed by atoms with Crippen molar-refractivity contribution in [1.29, 1.82) is 0 Å². The van der Waals surface area contributed by atoms with Crippen molar-refractivity contribution in [3.8, 4) is 16.9 Å². The van der Waals surface area contributed by atoms with Crippen LogP contribution in [0, 0.1) is 13.8 Å². The molecule has 0 saturated heterocycles. The lowest BCUT2D eigenvalue weighted by Gasteiger charge is -2.07. The third-order valence-corrected chi connectivity index (χ3v) is 2.77. The molecule has 0 aliphatic heterocycles. The number of benzene rings is 2. The maximum Gasteiger partial charge on any atom is 0.150 e. The van der Waals surface area contributed by atoms with Gasteiger partial charge in [-0.3, -0.25) is 4.79 Å². The zero-order valence-electron chi connectivity index (χ0n) is 9.90. The molecule has 1 N–H and O–H groups in total. The molecule has 0 heterocycles. The Kier molecular flexibility index (Phi) is 2.96. The van der Waals surface area contributed by atoms with E-state index in [9.17, 15) is 9.90 Å². The quantitative estimate of drug-likeness (QED) is 0.796. The molecule has 0 atom stereocenters. The summed E-state index contributed by atoms with van der Waals surface area (Å²) < 4.78 is 0. The van der Waals surface area contributed by atoms with Crippen LogP contribution >= 0.6 is 0 Å². The van der Waals surface area contributed by atoms with Gasteiger partial charge in [0.05, 0.1) is 0 Å². The number of phenols is 1. The molecule has 2 nitrogen and oxygen atoms in total. The first-order valence-corrected chi connectivity index (χ1v) is 5.47. The molecule has 0 fully saturated rings. The minimum absolute atomic E-state index is 0.289. The van der Waals surface area contributed by atoms with Crippen molar-refractivity contribution in [3.05, 3.63) is 53.1 Å². The summed E-state index contributed by atoms with van der Waals surface area (Å²) in [6.07, 6.45) is 0.851. The highest BCUT2D eigenvalue weighted by molar-refractivity contribution is 5.79. The third kappa shape index (κ3) is 2.36. The molecule has 0 saturated carbocycles. The van der Waals surface area contributed by atoms with E-state index < -0.39 is 0 Å². The van der Waals surface area contributed by atoms with Crippen LogP contribution in [0.1, 0.15) is 21.5 Å². The molecule has 0 aliphatic rings. The molecular weight excluding hydrogens is 212 g/mol. The molecule has 2 aromatic carbocycles. The van der Waals surface area contributed by atoms with Crippen LogP contribution in [0.15, 0.2) is 36.4 Å². The summed E-state index contributed by atoms with van der Waals surface area (Å²) in [4.78, 5) is 10.8. The van der Waals surface area contributed by atoms with E-state index in [4.69, 9.17) is 0 Å². The number of carbonyl (C=O) groups excluding carboxylic acids is 1. The summed E-state index contributed by atoms with van der Waals surface area (Å²) in [5.41, 5.74) is 4.56. The van der Waals surface area contributed by atoms with Crippen molar-refractivity contribution in [2.24, 2.45) is 0 Å². The second kappa shape index (κ2) is 4.42. The molecule has 0 aliphatic carbocycles. The lowest BCUT2D eigenvalue weighted by Crippen LogP contribution is -1.86. The Morgan fingerprint density at radius 3 is 2.41 bits per heavy atom. The van der Waals surface area contributed by atoms with Crippen LogP contribution in [0.25, 0.3) is 11.1 Å². The maximum absolute atomic E-state index is 10.8. The smallest absolute Gasteiger partial charge is 0.150 e. The first-order valence-electron chi connectivity index (χ1n) is 5.47. The number of rotatable bonds is 2. The summed E-state index contributed by atoms with van der Waals surface area (Å²) in [5.74, 6) is 0.289. The average molecular weight is 226 g/mol. The maximum atomic E-state index is 10.8. The highest BCUT2D eigenvalue weighted by Crippen LogP contribution is 2.26. The summed E-state index contributed by atoms with van der Waals surface area (Å²) >= 11 is 0. The number of aryl methyl sites for hydroxylation is 2. The van der Waals surface area contributed by atoms with Gasteiger partial charge in [-0.2, -0.15) is 0 Å². The molecule has 0 spiro atoms. The molecule has 2 rings (SSSR count). The van der Waals surface area contributed by atoms with Crippen molar-refractivity contribution in [1.82, 2.24) is 0 Å². The van der Waals surface area contributed by atoms with E-state index in [2.05, 4.69) is 0 Å². The highest BCUT2D eigenvalue weighted by Gasteiger charge is 2.03. The largest absolute Gasteiger partial charge is 0.508 e. The predicted octanol–water partition coefficient (Wildman–Crippen LogP) is 3.49. The van der Waals surface area contributed by atoms with Gasteiger partial charge in [-0.05, 0) is 60.4 Å². The zero-order chi connectivity index (χ0) is 12.4. The number of aromatic hydroxyl groups is 1. The Hall–Kier alpha value is -2.09. The first kappa shape index (κ1) is 11.4. The van der Waals surface area contributed by atoms with E-state index in [-0.39, 0.29) is 5.75 Å². The van der Waals surface area contributed by atoms with Gasteiger partial charge < -0.3 is 5.11 Å². The van der Waals surface area contributed by atoms with Crippen molar-refractivity contribution in [2.75, 3.05) is 0 Å². The van der Waals surface area contributed by atoms with Crippen LogP contribution in [0.3, 0.4) is 0 Å². The van der Waals surface area contributed by atoms with Crippen LogP contribution in [0.5, 0.6) is 5.75 Å². The van der Waals surface area contributed by atoms with E-state index in [1.807, 2.05) is 44.2 Å². The van der Waals surface area contributed by atoms with E-state index in [1.54, 1.807) is 6.07 Å². The monoisotopic (exact) mass is 226 g/mol. The van der Waals surface area contributed by atoms with Crippen LogP contribution in [0.2, 0.25) is 0 Å². The Morgan fingerprint density at radius 2 is 1.76 bits per heavy atom. The Morgan fingerprint density at radius 1 is 1.00 bits per heavy atom. The highest BCUT2D eigenvalue weighted by atomic mass is 16.3.